The third-order valence-electron chi connectivity index (χ3n) is 2.74. The van der Waals surface area contributed by atoms with Crippen LogP contribution in [0.25, 0.3) is 0 Å². The molecule has 0 bridgehead atoms. The lowest BCUT2D eigenvalue weighted by Gasteiger charge is -2.16. The monoisotopic (exact) mass is 249 g/mol. The molecule has 0 aliphatic carbocycles. The number of nitrogens with one attached hydrogen (secondary N) is 1. The molecule has 1 atom stereocenters. The summed E-state index contributed by atoms with van der Waals surface area (Å²) in [6.45, 7) is 8.58. The third kappa shape index (κ3) is 4.78. The summed E-state index contributed by atoms with van der Waals surface area (Å²) in [6, 6.07) is 8.38. The Bertz CT molecular complexity index is 388. The smallest absolute Gasteiger partial charge is 0.307 e. The van der Waals surface area contributed by atoms with Crippen LogP contribution in [0.3, 0.4) is 0 Å². The SMILES string of the molecule is CCOC(=O)CC(C)Nc1cccc(C(C)C)c1. The molecule has 0 spiro atoms. The Balaban J connectivity index is 2.56. The van der Waals surface area contributed by atoms with Gasteiger partial charge in [0.2, 0.25) is 0 Å². The highest BCUT2D eigenvalue weighted by Crippen LogP contribution is 2.19. The van der Waals surface area contributed by atoms with Crippen molar-refractivity contribution in [1.29, 1.82) is 0 Å². The van der Waals surface area contributed by atoms with E-state index in [0.717, 1.165) is 5.69 Å². The maximum atomic E-state index is 11.4. The minimum atomic E-state index is -0.155. The summed E-state index contributed by atoms with van der Waals surface area (Å²) in [5.41, 5.74) is 2.35. The molecular formula is C15H23NO2. The average Bonchev–Trinajstić information content (AvgIpc) is 2.29. The summed E-state index contributed by atoms with van der Waals surface area (Å²) in [5, 5.41) is 3.33. The van der Waals surface area contributed by atoms with Crippen molar-refractivity contribution in [3.05, 3.63) is 29.8 Å². The first-order valence-electron chi connectivity index (χ1n) is 6.55. The predicted octanol–water partition coefficient (Wildman–Crippen LogP) is 3.56. The van der Waals surface area contributed by atoms with Crippen LogP contribution < -0.4 is 5.32 Å². The second-order valence-electron chi connectivity index (χ2n) is 4.83. The Morgan fingerprint density at radius 2 is 2.06 bits per heavy atom. The Morgan fingerprint density at radius 3 is 2.67 bits per heavy atom. The topological polar surface area (TPSA) is 38.3 Å². The molecule has 0 aliphatic heterocycles. The summed E-state index contributed by atoms with van der Waals surface area (Å²) < 4.78 is 4.93. The molecule has 0 aliphatic rings. The molecule has 100 valence electrons. The van der Waals surface area contributed by atoms with Crippen molar-refractivity contribution in [2.75, 3.05) is 11.9 Å². The van der Waals surface area contributed by atoms with Crippen molar-refractivity contribution >= 4 is 11.7 Å². The van der Waals surface area contributed by atoms with E-state index in [0.29, 0.717) is 18.9 Å². The Labute approximate surface area is 110 Å². The lowest BCUT2D eigenvalue weighted by molar-refractivity contribution is -0.143. The summed E-state index contributed by atoms with van der Waals surface area (Å²) in [5.74, 6) is 0.352. The number of ether oxygens (including phenoxy) is 1. The maximum absolute atomic E-state index is 11.4. The fourth-order valence-electron chi connectivity index (χ4n) is 1.79. The number of anilines is 1. The molecule has 18 heavy (non-hydrogen) atoms. The first-order chi connectivity index (χ1) is 8.52. The predicted molar refractivity (Wildman–Crippen MR) is 74.9 cm³/mol. The van der Waals surface area contributed by atoms with Gasteiger partial charge in [-0.25, -0.2) is 0 Å². The highest BCUT2D eigenvalue weighted by Gasteiger charge is 2.10. The largest absolute Gasteiger partial charge is 0.466 e. The second-order valence-corrected chi connectivity index (χ2v) is 4.83. The van der Waals surface area contributed by atoms with E-state index >= 15 is 0 Å². The van der Waals surface area contributed by atoms with Crippen molar-refractivity contribution in [3.63, 3.8) is 0 Å². The highest BCUT2D eigenvalue weighted by atomic mass is 16.5. The molecule has 0 amide bonds. The number of carbonyl (C=O) groups excluding carboxylic acids is 1. The molecule has 1 unspecified atom stereocenters. The van der Waals surface area contributed by atoms with Crippen LogP contribution in [0.4, 0.5) is 5.69 Å². The molecule has 1 N–H and O–H groups in total. The Hall–Kier alpha value is -1.51. The number of esters is 1. The van der Waals surface area contributed by atoms with E-state index in [1.165, 1.54) is 5.56 Å². The van der Waals surface area contributed by atoms with E-state index in [9.17, 15) is 4.79 Å². The van der Waals surface area contributed by atoms with Gasteiger partial charge in [0, 0.05) is 11.7 Å². The molecule has 3 heteroatoms. The zero-order valence-corrected chi connectivity index (χ0v) is 11.7. The number of hydrogen-bond acceptors (Lipinski definition) is 3. The van der Waals surface area contributed by atoms with E-state index in [1.807, 2.05) is 26.0 Å². The van der Waals surface area contributed by atoms with Gasteiger partial charge in [0.05, 0.1) is 13.0 Å². The quantitative estimate of drug-likeness (QED) is 0.783. The first kappa shape index (κ1) is 14.6. The number of rotatable bonds is 6. The van der Waals surface area contributed by atoms with E-state index in [1.54, 1.807) is 0 Å². The van der Waals surface area contributed by atoms with E-state index < -0.39 is 0 Å². The molecule has 0 heterocycles. The summed E-state index contributed by atoms with van der Waals surface area (Å²) in [7, 11) is 0. The molecule has 3 nitrogen and oxygen atoms in total. The van der Waals surface area contributed by atoms with Gasteiger partial charge in [0.25, 0.3) is 0 Å². The van der Waals surface area contributed by atoms with E-state index in [-0.39, 0.29) is 12.0 Å². The van der Waals surface area contributed by atoms with Gasteiger partial charge in [0.15, 0.2) is 0 Å². The number of hydrogen-bond donors (Lipinski definition) is 1. The lowest BCUT2D eigenvalue weighted by atomic mass is 10.0. The van der Waals surface area contributed by atoms with Crippen LogP contribution in [0, 0.1) is 0 Å². The fraction of sp³-hybridized carbons (Fsp3) is 0.533. The molecule has 0 saturated heterocycles. The summed E-state index contributed by atoms with van der Waals surface area (Å²) in [6.07, 6.45) is 0.389. The summed E-state index contributed by atoms with van der Waals surface area (Å²) >= 11 is 0. The van der Waals surface area contributed by atoms with Crippen LogP contribution in [0.1, 0.15) is 45.6 Å². The van der Waals surface area contributed by atoms with Gasteiger partial charge in [-0.05, 0) is 37.5 Å². The van der Waals surface area contributed by atoms with Crippen LogP contribution in [0.5, 0.6) is 0 Å². The fourth-order valence-corrected chi connectivity index (χ4v) is 1.79. The molecular weight excluding hydrogens is 226 g/mol. The number of carbonyl (C=O) groups is 1. The third-order valence-corrected chi connectivity index (χ3v) is 2.74. The molecule has 1 rings (SSSR count). The van der Waals surface area contributed by atoms with Gasteiger partial charge in [-0.15, -0.1) is 0 Å². The van der Waals surface area contributed by atoms with Crippen LogP contribution in [-0.2, 0) is 9.53 Å². The normalized spacial score (nSPS) is 12.3. The van der Waals surface area contributed by atoms with Crippen LogP contribution in [0.15, 0.2) is 24.3 Å². The van der Waals surface area contributed by atoms with Crippen molar-refractivity contribution in [3.8, 4) is 0 Å². The van der Waals surface area contributed by atoms with Crippen molar-refractivity contribution < 1.29 is 9.53 Å². The van der Waals surface area contributed by atoms with Gasteiger partial charge < -0.3 is 10.1 Å². The second kappa shape index (κ2) is 7.04. The first-order valence-corrected chi connectivity index (χ1v) is 6.55. The number of benzene rings is 1. The zero-order chi connectivity index (χ0) is 13.5. The highest BCUT2D eigenvalue weighted by molar-refractivity contribution is 5.70. The lowest BCUT2D eigenvalue weighted by Crippen LogP contribution is -2.21. The molecule has 0 fully saturated rings. The van der Waals surface area contributed by atoms with Gasteiger partial charge >= 0.3 is 5.97 Å². The van der Waals surface area contributed by atoms with Crippen molar-refractivity contribution in [2.45, 2.75) is 46.1 Å². The van der Waals surface area contributed by atoms with Crippen molar-refractivity contribution in [2.24, 2.45) is 0 Å². The molecule has 0 aromatic heterocycles. The standard InChI is InChI=1S/C15H23NO2/c1-5-18-15(17)9-12(4)16-14-8-6-7-13(10-14)11(2)3/h6-8,10-12,16H,5,9H2,1-4H3. The molecule has 0 radical (unpaired) electrons. The average molecular weight is 249 g/mol. The van der Waals surface area contributed by atoms with Crippen LogP contribution in [0.2, 0.25) is 0 Å². The van der Waals surface area contributed by atoms with Crippen LogP contribution in [-0.4, -0.2) is 18.6 Å². The van der Waals surface area contributed by atoms with Crippen LogP contribution >= 0.6 is 0 Å². The minimum absolute atomic E-state index is 0.0754. The minimum Gasteiger partial charge on any atom is -0.466 e. The Morgan fingerprint density at radius 1 is 1.33 bits per heavy atom. The van der Waals surface area contributed by atoms with Gasteiger partial charge in [0.1, 0.15) is 0 Å². The molecule has 1 aromatic rings. The van der Waals surface area contributed by atoms with Gasteiger partial charge in [-0.3, -0.25) is 4.79 Å². The molecule has 0 saturated carbocycles. The van der Waals surface area contributed by atoms with Gasteiger partial charge in [-0.1, -0.05) is 26.0 Å². The molecule has 1 aromatic carbocycles. The summed E-state index contributed by atoms with van der Waals surface area (Å²) in [4.78, 5) is 11.4. The van der Waals surface area contributed by atoms with E-state index in [4.69, 9.17) is 4.74 Å². The Kier molecular flexibility index (Phi) is 5.69. The van der Waals surface area contributed by atoms with Crippen molar-refractivity contribution in [1.82, 2.24) is 0 Å². The zero-order valence-electron chi connectivity index (χ0n) is 11.7. The maximum Gasteiger partial charge on any atom is 0.307 e. The van der Waals surface area contributed by atoms with Gasteiger partial charge in [-0.2, -0.15) is 0 Å². The van der Waals surface area contributed by atoms with E-state index in [2.05, 4.69) is 31.3 Å².